The number of nitrogens with zero attached hydrogens (tertiary/aromatic N) is 2. The maximum absolute atomic E-state index is 8.23. The van der Waals surface area contributed by atoms with Crippen LogP contribution in [0.4, 0.5) is 0 Å². The molecule has 0 atom stereocenters. The fourth-order valence-corrected chi connectivity index (χ4v) is 1.49. The van der Waals surface area contributed by atoms with Gasteiger partial charge in [0.2, 0.25) is 0 Å². The minimum atomic E-state index is 0.405. The van der Waals surface area contributed by atoms with E-state index < -0.39 is 0 Å². The maximum Gasteiger partial charge on any atom is 0.159 e. The molecule has 0 unspecified atom stereocenters. The summed E-state index contributed by atoms with van der Waals surface area (Å²) >= 11 is 4.70. The predicted molar refractivity (Wildman–Crippen MR) is 39.1 cm³/mol. The molecule has 0 fully saturated rings. The molecule has 0 aromatic carbocycles. The zero-order valence-electron chi connectivity index (χ0n) is 4.47. The molecule has 4 heteroatoms. The lowest BCUT2D eigenvalue weighted by molar-refractivity contribution is 1.14. The Hall–Kier alpha value is -0.400. The Bertz CT molecular complexity index is 237. The Morgan fingerprint density at radius 3 is 3.11 bits per heavy atom. The van der Waals surface area contributed by atoms with E-state index >= 15 is 0 Å². The van der Waals surface area contributed by atoms with Gasteiger partial charge in [0.25, 0.3) is 0 Å². The number of nitriles is 1. The number of halogens is 1. The van der Waals surface area contributed by atoms with E-state index in [1.807, 2.05) is 11.4 Å². The monoisotopic (exact) mass is 202 g/mol. The molecule has 9 heavy (non-hydrogen) atoms. The molecule has 2 nitrogen and oxygen atoms in total. The van der Waals surface area contributed by atoms with Crippen molar-refractivity contribution in [2.24, 2.45) is 0 Å². The third-order valence-electron chi connectivity index (χ3n) is 0.784. The van der Waals surface area contributed by atoms with E-state index in [0.717, 1.165) is 9.61 Å². The van der Waals surface area contributed by atoms with Crippen LogP contribution in [0.1, 0.15) is 5.69 Å². The molecule has 0 aliphatic carbocycles. The molecule has 0 radical (unpaired) electrons. The quantitative estimate of drug-likeness (QED) is 0.699. The molecule has 0 aliphatic rings. The van der Waals surface area contributed by atoms with Gasteiger partial charge in [0.1, 0.15) is 0 Å². The van der Waals surface area contributed by atoms with E-state index in [1.165, 1.54) is 11.3 Å². The minimum Gasteiger partial charge on any atom is -0.233 e. The van der Waals surface area contributed by atoms with Crippen molar-refractivity contribution in [2.75, 3.05) is 0 Å². The fraction of sp³-hybridized carbons (Fsp3) is 0.200. The van der Waals surface area contributed by atoms with Gasteiger partial charge in [-0.3, -0.25) is 0 Å². The third kappa shape index (κ3) is 1.77. The van der Waals surface area contributed by atoms with Gasteiger partial charge in [0.15, 0.2) is 3.92 Å². The van der Waals surface area contributed by atoms with E-state index in [2.05, 4.69) is 20.9 Å². The molecule has 0 aliphatic heterocycles. The zero-order chi connectivity index (χ0) is 6.69. The summed E-state index contributed by atoms with van der Waals surface area (Å²) in [6.07, 6.45) is 0.405. The van der Waals surface area contributed by atoms with Crippen molar-refractivity contribution in [2.45, 2.75) is 6.42 Å². The van der Waals surface area contributed by atoms with Gasteiger partial charge in [-0.15, -0.1) is 11.3 Å². The van der Waals surface area contributed by atoms with Crippen LogP contribution < -0.4 is 0 Å². The molecule has 46 valence electrons. The molecule has 0 spiro atoms. The van der Waals surface area contributed by atoms with Crippen LogP contribution in [0.25, 0.3) is 0 Å². The number of rotatable bonds is 1. The summed E-state index contributed by atoms with van der Waals surface area (Å²) in [6.45, 7) is 0. The Labute approximate surface area is 65.3 Å². The van der Waals surface area contributed by atoms with E-state index in [9.17, 15) is 0 Å². The summed E-state index contributed by atoms with van der Waals surface area (Å²) in [7, 11) is 0. The number of hydrogen-bond acceptors (Lipinski definition) is 3. The van der Waals surface area contributed by atoms with Crippen LogP contribution in [-0.2, 0) is 6.42 Å². The van der Waals surface area contributed by atoms with Crippen LogP contribution in [0.15, 0.2) is 9.30 Å². The highest BCUT2D eigenvalue weighted by Crippen LogP contribution is 2.15. The largest absolute Gasteiger partial charge is 0.233 e. The first-order valence-corrected chi connectivity index (χ1v) is 3.97. The van der Waals surface area contributed by atoms with Gasteiger partial charge in [-0.2, -0.15) is 5.26 Å². The van der Waals surface area contributed by atoms with Crippen molar-refractivity contribution in [3.05, 3.63) is 15.0 Å². The molecule has 1 aromatic rings. The third-order valence-corrected chi connectivity index (χ3v) is 2.20. The second-order valence-electron chi connectivity index (χ2n) is 1.43. The van der Waals surface area contributed by atoms with Crippen LogP contribution in [0.3, 0.4) is 0 Å². The van der Waals surface area contributed by atoms with Gasteiger partial charge in [0, 0.05) is 5.38 Å². The van der Waals surface area contributed by atoms with Gasteiger partial charge in [0.05, 0.1) is 18.2 Å². The SMILES string of the molecule is N#CCc1csc(Br)n1. The van der Waals surface area contributed by atoms with Gasteiger partial charge in [-0.05, 0) is 15.9 Å². The highest BCUT2D eigenvalue weighted by Gasteiger charge is 1.95. The molecule has 0 amide bonds. The first kappa shape index (κ1) is 6.72. The van der Waals surface area contributed by atoms with Crippen molar-refractivity contribution in [1.29, 1.82) is 5.26 Å². The zero-order valence-corrected chi connectivity index (χ0v) is 6.87. The number of hydrogen-bond donors (Lipinski definition) is 0. The molecule has 0 N–H and O–H groups in total. The van der Waals surface area contributed by atoms with Crippen LogP contribution in [0, 0.1) is 11.3 Å². The lowest BCUT2D eigenvalue weighted by Gasteiger charge is -1.76. The fourth-order valence-electron chi connectivity index (χ4n) is 0.444. The van der Waals surface area contributed by atoms with Crippen LogP contribution in [0.2, 0.25) is 0 Å². The van der Waals surface area contributed by atoms with E-state index in [1.54, 1.807) is 0 Å². The average molecular weight is 203 g/mol. The first-order valence-electron chi connectivity index (χ1n) is 2.30. The summed E-state index contributed by atoms with van der Waals surface area (Å²) < 4.78 is 0.841. The predicted octanol–water partition coefficient (Wildman–Crippen LogP) is 1.97. The lowest BCUT2D eigenvalue weighted by atomic mass is 10.4. The van der Waals surface area contributed by atoms with Crippen LogP contribution in [-0.4, -0.2) is 4.98 Å². The van der Waals surface area contributed by atoms with Gasteiger partial charge in [-0.1, -0.05) is 0 Å². The smallest absolute Gasteiger partial charge is 0.159 e. The Morgan fingerprint density at radius 1 is 1.89 bits per heavy atom. The Morgan fingerprint density at radius 2 is 2.67 bits per heavy atom. The topological polar surface area (TPSA) is 36.7 Å². The van der Waals surface area contributed by atoms with E-state index in [-0.39, 0.29) is 0 Å². The summed E-state index contributed by atoms with van der Waals surface area (Å²) in [6, 6.07) is 2.02. The van der Waals surface area contributed by atoms with Crippen molar-refractivity contribution in [1.82, 2.24) is 4.98 Å². The van der Waals surface area contributed by atoms with Crippen molar-refractivity contribution < 1.29 is 0 Å². The molecule has 1 rings (SSSR count). The highest BCUT2D eigenvalue weighted by molar-refractivity contribution is 9.11. The maximum atomic E-state index is 8.23. The normalized spacial score (nSPS) is 8.89. The second kappa shape index (κ2) is 2.95. The second-order valence-corrected chi connectivity index (χ2v) is 3.56. The van der Waals surface area contributed by atoms with E-state index in [0.29, 0.717) is 6.42 Å². The van der Waals surface area contributed by atoms with Gasteiger partial charge in [-0.25, -0.2) is 4.98 Å². The van der Waals surface area contributed by atoms with E-state index in [4.69, 9.17) is 5.26 Å². The first-order chi connectivity index (χ1) is 4.33. The standard InChI is InChI=1S/C5H3BrN2S/c6-5-8-4(1-2-7)3-9-5/h3H,1H2. The summed E-state index contributed by atoms with van der Waals surface area (Å²) in [5.41, 5.74) is 0.842. The van der Waals surface area contributed by atoms with Crippen molar-refractivity contribution >= 4 is 27.3 Å². The molecule has 0 saturated heterocycles. The van der Waals surface area contributed by atoms with Gasteiger partial charge >= 0.3 is 0 Å². The van der Waals surface area contributed by atoms with Crippen LogP contribution in [0.5, 0.6) is 0 Å². The average Bonchev–Trinajstić information content (AvgIpc) is 2.17. The van der Waals surface area contributed by atoms with Gasteiger partial charge < -0.3 is 0 Å². The van der Waals surface area contributed by atoms with Crippen molar-refractivity contribution in [3.63, 3.8) is 0 Å². The molecule has 0 saturated carbocycles. The summed E-state index contributed by atoms with van der Waals surface area (Å²) in [5, 5.41) is 10.1. The minimum absolute atomic E-state index is 0.405. The molecular weight excluding hydrogens is 200 g/mol. The Balaban J connectivity index is 2.76. The molecule has 0 bridgehead atoms. The summed E-state index contributed by atoms with van der Waals surface area (Å²) in [4.78, 5) is 4.01. The highest BCUT2D eigenvalue weighted by atomic mass is 79.9. The van der Waals surface area contributed by atoms with Crippen molar-refractivity contribution in [3.8, 4) is 6.07 Å². The molecule has 1 aromatic heterocycles. The molecule has 1 heterocycles. The number of aromatic nitrogens is 1. The lowest BCUT2D eigenvalue weighted by Crippen LogP contribution is -1.77. The Kier molecular flexibility index (Phi) is 2.20. The summed E-state index contributed by atoms with van der Waals surface area (Å²) in [5.74, 6) is 0. The van der Waals surface area contributed by atoms with Crippen LogP contribution >= 0.6 is 27.3 Å². The molecular formula is C5H3BrN2S. The number of thiazole rings is 1.